The van der Waals surface area contributed by atoms with Gasteiger partial charge in [0.15, 0.2) is 0 Å². The molecular formula is C15H14BrClO3. The van der Waals surface area contributed by atoms with E-state index in [0.717, 1.165) is 0 Å². The average molecular weight is 358 g/mol. The number of hydrogen-bond acceptors (Lipinski definition) is 3. The first-order chi connectivity index (χ1) is 9.58. The number of para-hydroxylation sites is 1. The van der Waals surface area contributed by atoms with Crippen LogP contribution in [0.3, 0.4) is 0 Å². The zero-order valence-electron chi connectivity index (χ0n) is 11.1. The summed E-state index contributed by atoms with van der Waals surface area (Å²) in [5, 5.41) is 11.1. The molecule has 3 nitrogen and oxygen atoms in total. The molecule has 0 aliphatic heterocycles. The third kappa shape index (κ3) is 2.92. The molecule has 2 aromatic rings. The highest BCUT2D eigenvalue weighted by Crippen LogP contribution is 2.40. The van der Waals surface area contributed by atoms with Crippen LogP contribution in [0.1, 0.15) is 17.2 Å². The topological polar surface area (TPSA) is 38.7 Å². The molecule has 1 unspecified atom stereocenters. The van der Waals surface area contributed by atoms with Gasteiger partial charge < -0.3 is 14.6 Å². The van der Waals surface area contributed by atoms with E-state index < -0.39 is 6.10 Å². The fourth-order valence-electron chi connectivity index (χ4n) is 2.06. The van der Waals surface area contributed by atoms with Gasteiger partial charge in [-0.3, -0.25) is 0 Å². The summed E-state index contributed by atoms with van der Waals surface area (Å²) in [7, 11) is 3.11. The minimum absolute atomic E-state index is 0.515. The number of aliphatic hydroxyl groups is 1. The third-order valence-electron chi connectivity index (χ3n) is 2.97. The number of aliphatic hydroxyl groups excluding tert-OH is 1. The van der Waals surface area contributed by atoms with E-state index in [4.69, 9.17) is 21.1 Å². The van der Waals surface area contributed by atoms with Gasteiger partial charge in [-0.05, 0) is 34.1 Å². The van der Waals surface area contributed by atoms with Crippen LogP contribution in [0, 0.1) is 0 Å². The van der Waals surface area contributed by atoms with Gasteiger partial charge in [0.05, 0.1) is 18.7 Å². The van der Waals surface area contributed by atoms with Crippen molar-refractivity contribution in [3.05, 3.63) is 57.0 Å². The van der Waals surface area contributed by atoms with Gasteiger partial charge in [0.25, 0.3) is 0 Å². The summed E-state index contributed by atoms with van der Waals surface area (Å²) in [6, 6.07) is 10.7. The van der Waals surface area contributed by atoms with Gasteiger partial charge in [0.1, 0.15) is 17.6 Å². The van der Waals surface area contributed by atoms with Gasteiger partial charge in [-0.15, -0.1) is 0 Å². The first kappa shape index (κ1) is 15.2. The molecule has 0 amide bonds. The van der Waals surface area contributed by atoms with Crippen LogP contribution in [-0.2, 0) is 0 Å². The van der Waals surface area contributed by atoms with Gasteiger partial charge in [-0.1, -0.05) is 29.8 Å². The highest BCUT2D eigenvalue weighted by atomic mass is 79.9. The summed E-state index contributed by atoms with van der Waals surface area (Å²) in [6.45, 7) is 0. The summed E-state index contributed by atoms with van der Waals surface area (Å²) >= 11 is 9.44. The molecule has 0 radical (unpaired) electrons. The Balaban J connectivity index is 2.55. The van der Waals surface area contributed by atoms with E-state index in [1.165, 1.54) is 0 Å². The number of methoxy groups -OCH3 is 2. The summed E-state index contributed by atoms with van der Waals surface area (Å²) in [5.74, 6) is 1.16. The predicted molar refractivity (Wildman–Crippen MR) is 82.8 cm³/mol. The number of rotatable bonds is 4. The van der Waals surface area contributed by atoms with Crippen LogP contribution in [0.4, 0.5) is 0 Å². The highest BCUT2D eigenvalue weighted by molar-refractivity contribution is 9.10. The molecule has 0 saturated heterocycles. The lowest BCUT2D eigenvalue weighted by Gasteiger charge is -2.18. The second-order valence-electron chi connectivity index (χ2n) is 4.15. The SMILES string of the molecule is COc1ccccc1C(O)c1cc(Cl)cc(Br)c1OC. The molecule has 0 aromatic heterocycles. The van der Waals surface area contributed by atoms with Crippen molar-refractivity contribution in [3.63, 3.8) is 0 Å². The van der Waals surface area contributed by atoms with Crippen molar-refractivity contribution in [3.8, 4) is 11.5 Å². The smallest absolute Gasteiger partial charge is 0.139 e. The van der Waals surface area contributed by atoms with Crippen molar-refractivity contribution < 1.29 is 14.6 Å². The molecule has 0 saturated carbocycles. The molecule has 0 aliphatic carbocycles. The van der Waals surface area contributed by atoms with Gasteiger partial charge in [-0.25, -0.2) is 0 Å². The van der Waals surface area contributed by atoms with Gasteiger partial charge in [-0.2, -0.15) is 0 Å². The summed E-state index contributed by atoms with van der Waals surface area (Å²) in [5.41, 5.74) is 1.24. The van der Waals surface area contributed by atoms with Gasteiger partial charge >= 0.3 is 0 Å². The maximum absolute atomic E-state index is 10.6. The molecule has 106 valence electrons. The molecule has 0 fully saturated rings. The maximum Gasteiger partial charge on any atom is 0.139 e. The summed E-state index contributed by atoms with van der Waals surface area (Å²) < 4.78 is 11.3. The molecular weight excluding hydrogens is 344 g/mol. The maximum atomic E-state index is 10.6. The largest absolute Gasteiger partial charge is 0.496 e. The molecule has 0 bridgehead atoms. The van der Waals surface area contributed by atoms with Crippen molar-refractivity contribution in [2.75, 3.05) is 14.2 Å². The lowest BCUT2D eigenvalue weighted by Crippen LogP contribution is -2.05. The van der Waals surface area contributed by atoms with E-state index in [0.29, 0.717) is 32.1 Å². The molecule has 0 aliphatic rings. The molecule has 5 heteroatoms. The Morgan fingerprint density at radius 2 is 1.80 bits per heavy atom. The molecule has 2 aromatic carbocycles. The van der Waals surface area contributed by atoms with Gasteiger partial charge in [0, 0.05) is 16.1 Å². The van der Waals surface area contributed by atoms with Crippen LogP contribution in [0.5, 0.6) is 11.5 Å². The fraction of sp³-hybridized carbons (Fsp3) is 0.200. The first-order valence-electron chi connectivity index (χ1n) is 5.92. The van der Waals surface area contributed by atoms with Crippen LogP contribution in [-0.4, -0.2) is 19.3 Å². The van der Waals surface area contributed by atoms with Crippen LogP contribution in [0.15, 0.2) is 40.9 Å². The Kier molecular flexibility index (Phi) is 4.91. The van der Waals surface area contributed by atoms with Gasteiger partial charge in [0.2, 0.25) is 0 Å². The predicted octanol–water partition coefficient (Wildman–Crippen LogP) is 4.20. The van der Waals surface area contributed by atoms with Crippen LogP contribution < -0.4 is 9.47 Å². The Bertz CT molecular complexity index is 616. The lowest BCUT2D eigenvalue weighted by atomic mass is 10.00. The molecule has 1 N–H and O–H groups in total. The quantitative estimate of drug-likeness (QED) is 0.891. The molecule has 0 heterocycles. The number of ether oxygens (including phenoxy) is 2. The highest BCUT2D eigenvalue weighted by Gasteiger charge is 2.21. The second kappa shape index (κ2) is 6.48. The van der Waals surface area contributed by atoms with Crippen molar-refractivity contribution in [2.45, 2.75) is 6.10 Å². The molecule has 1 atom stereocenters. The summed E-state index contributed by atoms with van der Waals surface area (Å²) in [6.07, 6.45) is -0.893. The minimum atomic E-state index is -0.893. The fourth-order valence-corrected chi connectivity index (χ4v) is 3.05. The summed E-state index contributed by atoms with van der Waals surface area (Å²) in [4.78, 5) is 0. The second-order valence-corrected chi connectivity index (χ2v) is 5.45. The first-order valence-corrected chi connectivity index (χ1v) is 7.09. The number of hydrogen-bond donors (Lipinski definition) is 1. The molecule has 2 rings (SSSR count). The van der Waals surface area contributed by atoms with Crippen molar-refractivity contribution in [1.29, 1.82) is 0 Å². The monoisotopic (exact) mass is 356 g/mol. The normalized spacial score (nSPS) is 12.1. The van der Waals surface area contributed by atoms with E-state index >= 15 is 0 Å². The van der Waals surface area contributed by atoms with Crippen LogP contribution in [0.25, 0.3) is 0 Å². The van der Waals surface area contributed by atoms with Crippen molar-refractivity contribution in [2.24, 2.45) is 0 Å². The third-order valence-corrected chi connectivity index (χ3v) is 3.78. The Morgan fingerprint density at radius 1 is 1.10 bits per heavy atom. The average Bonchev–Trinajstić information content (AvgIpc) is 2.45. The number of halogens is 2. The minimum Gasteiger partial charge on any atom is -0.496 e. The zero-order chi connectivity index (χ0) is 14.7. The van der Waals surface area contributed by atoms with E-state index in [1.54, 1.807) is 38.5 Å². The van der Waals surface area contributed by atoms with Crippen LogP contribution in [0.2, 0.25) is 5.02 Å². The standard InChI is InChI=1S/C15H14BrClO3/c1-19-13-6-4-3-5-10(13)14(18)11-7-9(17)8-12(16)15(11)20-2/h3-8,14,18H,1-2H3. The van der Waals surface area contributed by atoms with E-state index in [2.05, 4.69) is 15.9 Å². The van der Waals surface area contributed by atoms with E-state index in [1.807, 2.05) is 12.1 Å². The van der Waals surface area contributed by atoms with Crippen molar-refractivity contribution >= 4 is 27.5 Å². The lowest BCUT2D eigenvalue weighted by molar-refractivity contribution is 0.209. The molecule has 0 spiro atoms. The Morgan fingerprint density at radius 3 is 2.45 bits per heavy atom. The Labute approximate surface area is 131 Å². The van der Waals surface area contributed by atoms with Crippen molar-refractivity contribution in [1.82, 2.24) is 0 Å². The van der Waals surface area contributed by atoms with E-state index in [-0.39, 0.29) is 0 Å². The molecule has 20 heavy (non-hydrogen) atoms. The number of benzene rings is 2. The Hall–Kier alpha value is -1.23. The zero-order valence-corrected chi connectivity index (χ0v) is 13.4. The van der Waals surface area contributed by atoms with E-state index in [9.17, 15) is 5.11 Å². The van der Waals surface area contributed by atoms with Crippen LogP contribution >= 0.6 is 27.5 Å².